The van der Waals surface area contributed by atoms with E-state index in [4.69, 9.17) is 6.42 Å². The maximum Gasteiger partial charge on any atom is 0.236 e. The molecule has 12 heavy (non-hydrogen) atoms. The van der Waals surface area contributed by atoms with E-state index in [1.54, 1.807) is 14.0 Å². The van der Waals surface area contributed by atoms with E-state index in [1.807, 2.05) is 6.92 Å². The van der Waals surface area contributed by atoms with Crippen molar-refractivity contribution in [3.63, 3.8) is 0 Å². The minimum atomic E-state index is -0.226. The Morgan fingerprint density at radius 2 is 2.25 bits per heavy atom. The molecule has 0 aromatic carbocycles. The van der Waals surface area contributed by atoms with Crippen LogP contribution in [0.25, 0.3) is 0 Å². The SMILES string of the molecule is C#CC(CC)NC(C)C(=O)NC. The number of hydrogen-bond acceptors (Lipinski definition) is 2. The molecule has 0 bridgehead atoms. The first-order chi connectivity index (χ1) is 5.65. The van der Waals surface area contributed by atoms with Gasteiger partial charge in [-0.3, -0.25) is 10.1 Å². The van der Waals surface area contributed by atoms with E-state index in [0.717, 1.165) is 6.42 Å². The summed E-state index contributed by atoms with van der Waals surface area (Å²) in [7, 11) is 1.61. The summed E-state index contributed by atoms with van der Waals surface area (Å²) in [6.45, 7) is 3.77. The standard InChI is InChI=1S/C9H16N2O/c1-5-8(6-2)11-7(3)9(12)10-4/h1,7-8,11H,6H2,2-4H3,(H,10,12). The normalized spacial score (nSPS) is 14.5. The summed E-state index contributed by atoms with van der Waals surface area (Å²) in [5.41, 5.74) is 0. The maximum absolute atomic E-state index is 11.0. The van der Waals surface area contributed by atoms with Crippen LogP contribution in [-0.2, 0) is 4.79 Å². The van der Waals surface area contributed by atoms with Gasteiger partial charge in [0.25, 0.3) is 0 Å². The van der Waals surface area contributed by atoms with Crippen LogP contribution in [0, 0.1) is 12.3 Å². The molecule has 3 nitrogen and oxygen atoms in total. The van der Waals surface area contributed by atoms with Crippen LogP contribution in [0.5, 0.6) is 0 Å². The quantitative estimate of drug-likeness (QED) is 0.585. The Balaban J connectivity index is 3.91. The summed E-state index contributed by atoms with van der Waals surface area (Å²) in [4.78, 5) is 11.0. The Hall–Kier alpha value is -1.01. The molecular formula is C9H16N2O. The molecule has 0 saturated heterocycles. The number of nitrogens with one attached hydrogen (secondary N) is 2. The number of carbonyl (C=O) groups excluding carboxylic acids is 1. The second kappa shape index (κ2) is 5.62. The van der Waals surface area contributed by atoms with Gasteiger partial charge in [0.15, 0.2) is 0 Å². The van der Waals surface area contributed by atoms with E-state index < -0.39 is 0 Å². The number of likely N-dealkylation sites (N-methyl/N-ethyl adjacent to an activating group) is 1. The summed E-state index contributed by atoms with van der Waals surface area (Å²) < 4.78 is 0. The van der Waals surface area contributed by atoms with Crippen LogP contribution in [0.3, 0.4) is 0 Å². The van der Waals surface area contributed by atoms with Gasteiger partial charge in [-0.25, -0.2) is 0 Å². The number of terminal acetylenes is 1. The van der Waals surface area contributed by atoms with E-state index >= 15 is 0 Å². The fourth-order valence-electron chi connectivity index (χ4n) is 0.878. The molecule has 2 N–H and O–H groups in total. The number of hydrogen-bond donors (Lipinski definition) is 2. The van der Waals surface area contributed by atoms with Gasteiger partial charge < -0.3 is 5.32 Å². The van der Waals surface area contributed by atoms with Crippen LogP contribution in [0.15, 0.2) is 0 Å². The van der Waals surface area contributed by atoms with Gasteiger partial charge in [-0.2, -0.15) is 0 Å². The van der Waals surface area contributed by atoms with Gasteiger partial charge in [-0.15, -0.1) is 6.42 Å². The van der Waals surface area contributed by atoms with Crippen molar-refractivity contribution >= 4 is 5.91 Å². The van der Waals surface area contributed by atoms with Crippen molar-refractivity contribution in [1.82, 2.24) is 10.6 Å². The van der Waals surface area contributed by atoms with Gasteiger partial charge in [0, 0.05) is 7.05 Å². The van der Waals surface area contributed by atoms with Crippen molar-refractivity contribution in [2.75, 3.05) is 7.05 Å². The zero-order chi connectivity index (χ0) is 9.56. The second-order valence-corrected chi connectivity index (χ2v) is 2.63. The second-order valence-electron chi connectivity index (χ2n) is 2.63. The molecule has 3 heteroatoms. The zero-order valence-electron chi connectivity index (χ0n) is 7.85. The molecule has 2 atom stereocenters. The molecule has 68 valence electrons. The molecule has 0 aromatic heterocycles. The number of amides is 1. The first kappa shape index (κ1) is 11.0. The summed E-state index contributed by atoms with van der Waals surface area (Å²) in [5, 5.41) is 5.57. The molecular weight excluding hydrogens is 152 g/mol. The molecule has 2 unspecified atom stereocenters. The summed E-state index contributed by atoms with van der Waals surface area (Å²) in [6.07, 6.45) is 6.06. The molecule has 0 rings (SSSR count). The highest BCUT2D eigenvalue weighted by molar-refractivity contribution is 5.81. The topological polar surface area (TPSA) is 41.1 Å². The highest BCUT2D eigenvalue weighted by Gasteiger charge is 2.13. The summed E-state index contributed by atoms with van der Waals surface area (Å²) in [6, 6.07) is -0.242. The molecule has 0 aromatic rings. The molecule has 0 aliphatic carbocycles. The Labute approximate surface area is 73.9 Å². The molecule has 0 aliphatic heterocycles. The van der Waals surface area contributed by atoms with E-state index in [0.29, 0.717) is 0 Å². The summed E-state index contributed by atoms with van der Waals surface area (Å²) >= 11 is 0. The minimum absolute atomic E-state index is 0.0164. The third-order valence-electron chi connectivity index (χ3n) is 1.70. The van der Waals surface area contributed by atoms with Gasteiger partial charge in [0.2, 0.25) is 5.91 Å². The third-order valence-corrected chi connectivity index (χ3v) is 1.70. The molecule has 0 aliphatic rings. The van der Waals surface area contributed by atoms with E-state index in [2.05, 4.69) is 16.6 Å². The largest absolute Gasteiger partial charge is 0.358 e. The fraction of sp³-hybridized carbons (Fsp3) is 0.667. The number of carbonyl (C=O) groups is 1. The lowest BCUT2D eigenvalue weighted by molar-refractivity contribution is -0.122. The highest BCUT2D eigenvalue weighted by atomic mass is 16.2. The van der Waals surface area contributed by atoms with Crippen molar-refractivity contribution in [2.24, 2.45) is 0 Å². The van der Waals surface area contributed by atoms with Crippen LogP contribution in [-0.4, -0.2) is 25.0 Å². The average molecular weight is 168 g/mol. The predicted octanol–water partition coefficient (Wildman–Crippen LogP) is 0.122. The lowest BCUT2D eigenvalue weighted by Gasteiger charge is -2.16. The minimum Gasteiger partial charge on any atom is -0.358 e. The van der Waals surface area contributed by atoms with Crippen LogP contribution >= 0.6 is 0 Å². The lowest BCUT2D eigenvalue weighted by atomic mass is 10.2. The first-order valence-electron chi connectivity index (χ1n) is 4.09. The van der Waals surface area contributed by atoms with Crippen LogP contribution < -0.4 is 10.6 Å². The van der Waals surface area contributed by atoms with E-state index in [1.165, 1.54) is 0 Å². The first-order valence-corrected chi connectivity index (χ1v) is 4.09. The van der Waals surface area contributed by atoms with Crippen molar-refractivity contribution in [3.8, 4) is 12.3 Å². The highest BCUT2D eigenvalue weighted by Crippen LogP contribution is 1.91. The van der Waals surface area contributed by atoms with Gasteiger partial charge in [0.1, 0.15) is 0 Å². The van der Waals surface area contributed by atoms with Crippen LogP contribution in [0.1, 0.15) is 20.3 Å². The van der Waals surface area contributed by atoms with Crippen molar-refractivity contribution in [3.05, 3.63) is 0 Å². The Bertz CT molecular complexity index is 183. The monoisotopic (exact) mass is 168 g/mol. The Morgan fingerprint density at radius 3 is 2.58 bits per heavy atom. The third kappa shape index (κ3) is 3.40. The van der Waals surface area contributed by atoms with Crippen molar-refractivity contribution in [1.29, 1.82) is 0 Å². The van der Waals surface area contributed by atoms with Crippen LogP contribution in [0.4, 0.5) is 0 Å². The Morgan fingerprint density at radius 1 is 1.67 bits per heavy atom. The smallest absolute Gasteiger partial charge is 0.236 e. The fourth-order valence-corrected chi connectivity index (χ4v) is 0.878. The molecule has 0 radical (unpaired) electrons. The van der Waals surface area contributed by atoms with E-state index in [-0.39, 0.29) is 18.0 Å². The van der Waals surface area contributed by atoms with Crippen LogP contribution in [0.2, 0.25) is 0 Å². The zero-order valence-corrected chi connectivity index (χ0v) is 7.85. The molecule has 0 saturated carbocycles. The molecule has 1 amide bonds. The Kier molecular flexibility index (Phi) is 5.14. The van der Waals surface area contributed by atoms with Gasteiger partial charge in [0.05, 0.1) is 12.1 Å². The van der Waals surface area contributed by atoms with Gasteiger partial charge >= 0.3 is 0 Å². The number of rotatable bonds is 4. The molecule has 0 heterocycles. The maximum atomic E-state index is 11.0. The van der Waals surface area contributed by atoms with Crippen molar-refractivity contribution in [2.45, 2.75) is 32.4 Å². The van der Waals surface area contributed by atoms with Gasteiger partial charge in [-0.05, 0) is 13.3 Å². The van der Waals surface area contributed by atoms with Crippen molar-refractivity contribution < 1.29 is 4.79 Å². The average Bonchev–Trinajstić information content (AvgIpc) is 2.12. The molecule has 0 fully saturated rings. The lowest BCUT2D eigenvalue weighted by Crippen LogP contribution is -2.44. The summed E-state index contributed by atoms with van der Waals surface area (Å²) in [5.74, 6) is 2.53. The van der Waals surface area contributed by atoms with E-state index in [9.17, 15) is 4.79 Å². The van der Waals surface area contributed by atoms with Gasteiger partial charge in [-0.1, -0.05) is 12.8 Å². The molecule has 0 spiro atoms. The predicted molar refractivity (Wildman–Crippen MR) is 49.6 cm³/mol.